The van der Waals surface area contributed by atoms with Crippen LogP contribution >= 0.6 is 0 Å². The number of hydrogen-bond donors (Lipinski definition) is 8. The third kappa shape index (κ3) is 8.68. The molecule has 7 rings (SSSR count). The summed E-state index contributed by atoms with van der Waals surface area (Å²) in [4.78, 5) is 11.8. The number of ether oxygens (including phenoxy) is 7. The molecule has 23 unspecified atom stereocenters. The van der Waals surface area contributed by atoms with Crippen LogP contribution in [0.4, 0.5) is 0 Å². The van der Waals surface area contributed by atoms with Crippen molar-refractivity contribution in [1.82, 2.24) is 0 Å². The summed E-state index contributed by atoms with van der Waals surface area (Å²) < 4.78 is 42.3. The fraction of sp³-hybridized carbons (Fsp3) is 0.938. The van der Waals surface area contributed by atoms with E-state index in [4.69, 9.17) is 33.2 Å². The van der Waals surface area contributed by atoms with E-state index in [0.29, 0.717) is 31.1 Å². The number of allylic oxidation sites excluding steroid dienone is 2. The SMILES string of the molecule is CC(=O)OC1C(O)COC(OC2C(O)C(C)OC(OC(C)(CCC=C(C)C)C3C(O)CC4(C)C3CCC3C5(C)CCC(OC6OCC(O)C(O)C6O)C(C)(C)C5CCC34C)C2O)C1O. The molecule has 0 bridgehead atoms. The Labute approximate surface area is 378 Å². The topological polar surface area (TPSA) is 244 Å². The normalized spacial score (nSPS) is 51.2. The van der Waals surface area contributed by atoms with Crippen molar-refractivity contribution < 1.29 is 78.8 Å². The molecule has 8 N–H and O–H groups in total. The Morgan fingerprint density at radius 2 is 1.34 bits per heavy atom. The van der Waals surface area contributed by atoms with Crippen LogP contribution in [0.15, 0.2) is 11.6 Å². The molecule has 4 saturated carbocycles. The van der Waals surface area contributed by atoms with Gasteiger partial charge in [-0.25, -0.2) is 0 Å². The predicted octanol–water partition coefficient (Wildman–Crippen LogP) is 2.85. The summed E-state index contributed by atoms with van der Waals surface area (Å²) in [6, 6.07) is 0. The lowest BCUT2D eigenvalue weighted by molar-refractivity contribution is -0.362. The third-order valence-electron chi connectivity index (χ3n) is 18.2. The zero-order valence-corrected chi connectivity index (χ0v) is 39.7. The van der Waals surface area contributed by atoms with E-state index in [1.165, 1.54) is 0 Å². The van der Waals surface area contributed by atoms with Crippen LogP contribution in [0, 0.1) is 45.3 Å². The fourth-order valence-corrected chi connectivity index (χ4v) is 14.7. The van der Waals surface area contributed by atoms with Gasteiger partial charge in [0.25, 0.3) is 0 Å². The van der Waals surface area contributed by atoms with Gasteiger partial charge in [0.15, 0.2) is 25.0 Å². The van der Waals surface area contributed by atoms with E-state index >= 15 is 0 Å². The van der Waals surface area contributed by atoms with Gasteiger partial charge >= 0.3 is 5.97 Å². The van der Waals surface area contributed by atoms with Gasteiger partial charge in [-0.2, -0.15) is 0 Å². The van der Waals surface area contributed by atoms with Crippen molar-refractivity contribution >= 4 is 5.97 Å². The summed E-state index contributed by atoms with van der Waals surface area (Å²) in [7, 11) is 0. The first kappa shape index (κ1) is 50.5. The molecule has 0 spiro atoms. The second kappa shape index (κ2) is 18.5. The Kier molecular flexibility index (Phi) is 14.6. The number of aliphatic hydroxyl groups is 8. The van der Waals surface area contributed by atoms with E-state index in [0.717, 1.165) is 51.0 Å². The van der Waals surface area contributed by atoms with Crippen LogP contribution in [0.1, 0.15) is 127 Å². The number of rotatable bonds is 11. The molecule has 64 heavy (non-hydrogen) atoms. The smallest absolute Gasteiger partial charge is 0.303 e. The quantitative estimate of drug-likeness (QED) is 0.0845. The monoisotopic (exact) mass is 913 g/mol. The molecule has 16 nitrogen and oxygen atoms in total. The van der Waals surface area contributed by atoms with Gasteiger partial charge in [0.05, 0.1) is 37.1 Å². The van der Waals surface area contributed by atoms with Gasteiger partial charge in [0.2, 0.25) is 0 Å². The van der Waals surface area contributed by atoms with E-state index < -0.39 is 97.6 Å². The molecule has 16 heteroatoms. The van der Waals surface area contributed by atoms with Gasteiger partial charge in [-0.05, 0) is 125 Å². The predicted molar refractivity (Wildman–Crippen MR) is 230 cm³/mol. The minimum absolute atomic E-state index is 0.0453. The average molecular weight is 913 g/mol. The largest absolute Gasteiger partial charge is 0.457 e. The Morgan fingerprint density at radius 3 is 2.00 bits per heavy atom. The number of fused-ring (bicyclic) bond motifs is 5. The average Bonchev–Trinajstić information content (AvgIpc) is 3.49. The lowest BCUT2D eigenvalue weighted by Crippen LogP contribution is -2.65. The maximum Gasteiger partial charge on any atom is 0.303 e. The van der Waals surface area contributed by atoms with Crippen molar-refractivity contribution in [3.8, 4) is 0 Å². The van der Waals surface area contributed by atoms with Crippen molar-refractivity contribution in [2.24, 2.45) is 45.3 Å². The molecule has 3 aliphatic heterocycles. The highest BCUT2D eigenvalue weighted by Crippen LogP contribution is 2.76. The van der Waals surface area contributed by atoms with Crippen LogP contribution in [-0.2, 0) is 38.0 Å². The third-order valence-corrected chi connectivity index (χ3v) is 18.2. The molecule has 4 aliphatic carbocycles. The molecular weight excluding hydrogens is 833 g/mol. The van der Waals surface area contributed by atoms with E-state index in [-0.39, 0.29) is 52.8 Å². The highest BCUT2D eigenvalue weighted by Gasteiger charge is 2.72. The zero-order chi connectivity index (χ0) is 47.1. The lowest BCUT2D eigenvalue weighted by atomic mass is 9.35. The van der Waals surface area contributed by atoms with Gasteiger partial charge in [0, 0.05) is 12.8 Å². The molecule has 0 aromatic heterocycles. The molecule has 7 fully saturated rings. The Balaban J connectivity index is 1.12. The van der Waals surface area contributed by atoms with Crippen molar-refractivity contribution in [2.45, 2.75) is 225 Å². The number of carbonyl (C=O) groups excluding carboxylic acids is 1. The van der Waals surface area contributed by atoms with Crippen LogP contribution in [0.2, 0.25) is 0 Å². The summed E-state index contributed by atoms with van der Waals surface area (Å²) in [5.41, 5.74) is -0.625. The molecule has 3 saturated heterocycles. The van der Waals surface area contributed by atoms with Gasteiger partial charge in [-0.1, -0.05) is 46.3 Å². The first-order valence-electron chi connectivity index (χ1n) is 23.9. The van der Waals surface area contributed by atoms with Crippen molar-refractivity contribution in [3.05, 3.63) is 11.6 Å². The Hall–Kier alpha value is -1.35. The van der Waals surface area contributed by atoms with Crippen molar-refractivity contribution in [3.63, 3.8) is 0 Å². The molecule has 7 aliphatic rings. The van der Waals surface area contributed by atoms with Gasteiger partial charge in [-0.3, -0.25) is 4.79 Å². The van der Waals surface area contributed by atoms with Crippen molar-refractivity contribution in [1.29, 1.82) is 0 Å². The zero-order valence-electron chi connectivity index (χ0n) is 39.7. The van der Waals surface area contributed by atoms with Crippen LogP contribution in [-0.4, -0.2) is 158 Å². The number of aliphatic hydroxyl groups excluding tert-OH is 8. The summed E-state index contributed by atoms with van der Waals surface area (Å²) in [6.07, 6.45) is -8.78. The van der Waals surface area contributed by atoms with Crippen LogP contribution in [0.3, 0.4) is 0 Å². The minimum Gasteiger partial charge on any atom is -0.457 e. The summed E-state index contributed by atoms with van der Waals surface area (Å²) in [5.74, 6) is -0.349. The van der Waals surface area contributed by atoms with Crippen LogP contribution in [0.5, 0.6) is 0 Å². The van der Waals surface area contributed by atoms with Crippen LogP contribution < -0.4 is 0 Å². The lowest BCUT2D eigenvalue weighted by Gasteiger charge is -2.70. The molecule has 0 radical (unpaired) electrons. The molecule has 0 amide bonds. The number of hydrogen-bond acceptors (Lipinski definition) is 16. The maximum absolute atomic E-state index is 12.5. The summed E-state index contributed by atoms with van der Waals surface area (Å²) in [6.45, 7) is 20.2. The highest BCUT2D eigenvalue weighted by atomic mass is 16.7. The molecular formula is C48H80O16. The van der Waals surface area contributed by atoms with E-state index in [1.54, 1.807) is 6.92 Å². The molecule has 3 heterocycles. The van der Waals surface area contributed by atoms with Crippen LogP contribution in [0.25, 0.3) is 0 Å². The molecule has 368 valence electrons. The van der Waals surface area contributed by atoms with E-state index in [2.05, 4.69) is 40.7 Å². The standard InChI is InChI=1S/C48H80O16/c1-23(2)12-11-17-48(10,64-43-38(57)40(34(53)24(3)60-43)63-42-37(56)39(61-25(4)49)29(52)22-59-42)33-26-13-14-31-45(7)18-16-32(62-41-36(55)35(54)28(51)21-58-41)44(5,6)30(45)15-19-46(31,8)47(26,9)20-27(33)50/h12,24,26-43,50-57H,11,13-22H2,1-10H3. The fourth-order valence-electron chi connectivity index (χ4n) is 14.7. The summed E-state index contributed by atoms with van der Waals surface area (Å²) >= 11 is 0. The molecule has 23 atom stereocenters. The highest BCUT2D eigenvalue weighted by molar-refractivity contribution is 5.66. The molecule has 0 aromatic carbocycles. The summed E-state index contributed by atoms with van der Waals surface area (Å²) in [5, 5.41) is 88.4. The van der Waals surface area contributed by atoms with Gasteiger partial charge in [-0.15, -0.1) is 0 Å². The maximum atomic E-state index is 12.5. The minimum atomic E-state index is -1.62. The number of esters is 1. The van der Waals surface area contributed by atoms with E-state index in [1.807, 2.05) is 20.8 Å². The molecule has 0 aromatic rings. The Morgan fingerprint density at radius 1 is 0.703 bits per heavy atom. The number of carbonyl (C=O) groups is 1. The van der Waals surface area contributed by atoms with Crippen molar-refractivity contribution in [2.75, 3.05) is 13.2 Å². The second-order valence-electron chi connectivity index (χ2n) is 22.6. The second-order valence-corrected chi connectivity index (χ2v) is 22.6. The first-order valence-corrected chi connectivity index (χ1v) is 23.9. The van der Waals surface area contributed by atoms with Gasteiger partial charge in [0.1, 0.15) is 48.8 Å². The first-order chi connectivity index (χ1) is 29.8. The Bertz CT molecular complexity index is 1670. The van der Waals surface area contributed by atoms with E-state index in [9.17, 15) is 45.6 Å². The van der Waals surface area contributed by atoms with Gasteiger partial charge < -0.3 is 74.0 Å².